The molecule has 0 unspecified atom stereocenters. The van der Waals surface area contributed by atoms with Crippen LogP contribution in [0, 0.1) is 15.4 Å². The second-order valence-electron chi connectivity index (χ2n) is 10.3. The van der Waals surface area contributed by atoms with Crippen molar-refractivity contribution in [3.05, 3.63) is 128 Å². The number of ether oxygens (including phenoxy) is 2. The smallest absolute Gasteiger partial charge is 0.254 e. The molecule has 0 N–H and O–H groups in total. The van der Waals surface area contributed by atoms with Crippen LogP contribution < -0.4 is 9.47 Å². The van der Waals surface area contributed by atoms with Gasteiger partial charge in [0.25, 0.3) is 11.8 Å². The molecule has 8 rings (SSSR count). The molecule has 7 heteroatoms. The average Bonchev–Trinajstić information content (AvgIpc) is 3.25. The maximum atomic E-state index is 13.8. The third-order valence-corrected chi connectivity index (χ3v) is 9.03. The summed E-state index contributed by atoms with van der Waals surface area (Å²) in [5, 5.41) is 5.54. The first-order valence-corrected chi connectivity index (χ1v) is 14.3. The highest BCUT2D eigenvalue weighted by Crippen LogP contribution is 2.61. The first-order valence-electron chi connectivity index (χ1n) is 13.2. The van der Waals surface area contributed by atoms with E-state index in [9.17, 15) is 9.59 Å². The largest absolute Gasteiger partial charge is 0.493 e. The van der Waals surface area contributed by atoms with Crippen LogP contribution in [0.1, 0.15) is 45.2 Å². The maximum absolute atomic E-state index is 13.8. The third kappa shape index (κ3) is 3.86. The highest BCUT2D eigenvalue weighted by atomic mass is 127. The molecular weight excluding hydrogens is 615 g/mol. The predicted molar refractivity (Wildman–Crippen MR) is 159 cm³/mol. The summed E-state index contributed by atoms with van der Waals surface area (Å²) in [5.41, 5.74) is 6.33. The van der Waals surface area contributed by atoms with Crippen LogP contribution in [0.25, 0.3) is 0 Å². The first-order chi connectivity index (χ1) is 19.6. The maximum Gasteiger partial charge on any atom is 0.254 e. The quantitative estimate of drug-likeness (QED) is 0.145. The van der Waals surface area contributed by atoms with Gasteiger partial charge >= 0.3 is 0 Å². The zero-order valence-corrected chi connectivity index (χ0v) is 23.8. The number of nitrogens with zero attached hydrogens (tertiary/aromatic N) is 2. The molecule has 4 aromatic rings. The van der Waals surface area contributed by atoms with E-state index in [2.05, 4.69) is 52.0 Å². The fraction of sp³-hybridized carbons (Fsp3) is 0.182. The van der Waals surface area contributed by atoms with Gasteiger partial charge in [-0.25, -0.2) is 0 Å². The van der Waals surface area contributed by atoms with Gasteiger partial charge in [0.05, 0.1) is 28.7 Å². The van der Waals surface area contributed by atoms with Crippen LogP contribution in [0.3, 0.4) is 0 Å². The number of hydrazone groups is 1. The fourth-order valence-corrected chi connectivity index (χ4v) is 7.37. The number of amides is 2. The molecule has 1 aliphatic heterocycles. The Morgan fingerprint density at radius 2 is 1.32 bits per heavy atom. The SMILES string of the molecule is COc1cc(/C=N\N2C(=O)[C@H]3C4c5ccccc5C(c5ccccc54)[C@@H]3C2=O)cc(I)c1OCc1ccccc1. The highest BCUT2D eigenvalue weighted by molar-refractivity contribution is 14.1. The Hall–Kier alpha value is -3.98. The Kier molecular flexibility index (Phi) is 6.19. The average molecular weight is 640 g/mol. The topological polar surface area (TPSA) is 68.2 Å². The molecule has 2 amide bonds. The second kappa shape index (κ2) is 9.89. The number of imide groups is 1. The molecule has 1 fully saturated rings. The van der Waals surface area contributed by atoms with E-state index in [4.69, 9.17) is 9.47 Å². The van der Waals surface area contributed by atoms with Gasteiger partial charge in [-0.1, -0.05) is 78.9 Å². The molecule has 2 bridgehead atoms. The lowest BCUT2D eigenvalue weighted by Gasteiger charge is -2.45. The van der Waals surface area contributed by atoms with E-state index in [0.717, 1.165) is 36.4 Å². The van der Waals surface area contributed by atoms with Crippen molar-refractivity contribution >= 4 is 40.6 Å². The van der Waals surface area contributed by atoms with Crippen molar-refractivity contribution in [1.82, 2.24) is 5.01 Å². The van der Waals surface area contributed by atoms with Gasteiger partial charge in [0.1, 0.15) is 6.61 Å². The minimum Gasteiger partial charge on any atom is -0.493 e. The van der Waals surface area contributed by atoms with Crippen molar-refractivity contribution in [3.63, 3.8) is 0 Å². The molecule has 198 valence electrons. The van der Waals surface area contributed by atoms with Crippen LogP contribution in [0.15, 0.2) is 96.1 Å². The summed E-state index contributed by atoms with van der Waals surface area (Å²) >= 11 is 2.20. The number of rotatable bonds is 6. The van der Waals surface area contributed by atoms with Crippen LogP contribution in [0.4, 0.5) is 0 Å². The van der Waals surface area contributed by atoms with Crippen LogP contribution in [0.5, 0.6) is 11.5 Å². The van der Waals surface area contributed by atoms with Crippen LogP contribution in [-0.2, 0) is 16.2 Å². The van der Waals surface area contributed by atoms with Crippen molar-refractivity contribution in [2.45, 2.75) is 18.4 Å². The summed E-state index contributed by atoms with van der Waals surface area (Å²) in [6.45, 7) is 0.410. The fourth-order valence-electron chi connectivity index (χ4n) is 6.58. The summed E-state index contributed by atoms with van der Waals surface area (Å²) in [7, 11) is 1.59. The Balaban J connectivity index is 1.18. The number of hydrogen-bond donors (Lipinski definition) is 0. The minimum absolute atomic E-state index is 0.152. The van der Waals surface area contributed by atoms with Crippen molar-refractivity contribution in [2.75, 3.05) is 7.11 Å². The van der Waals surface area contributed by atoms with Gasteiger partial charge in [-0.3, -0.25) is 9.59 Å². The number of methoxy groups -OCH3 is 1. The van der Waals surface area contributed by atoms with E-state index in [1.54, 1.807) is 19.4 Å². The van der Waals surface area contributed by atoms with Crippen LogP contribution in [0.2, 0.25) is 0 Å². The molecule has 4 aromatic carbocycles. The molecule has 0 aromatic heterocycles. The lowest BCUT2D eigenvalue weighted by Crippen LogP contribution is -2.41. The summed E-state index contributed by atoms with van der Waals surface area (Å²) in [5.74, 6) is -0.506. The minimum atomic E-state index is -0.456. The third-order valence-electron chi connectivity index (χ3n) is 8.23. The molecule has 0 spiro atoms. The zero-order chi connectivity index (χ0) is 27.4. The van der Waals surface area contributed by atoms with Crippen molar-refractivity contribution in [2.24, 2.45) is 16.9 Å². The van der Waals surface area contributed by atoms with Crippen molar-refractivity contribution < 1.29 is 19.1 Å². The van der Waals surface area contributed by atoms with E-state index in [1.165, 1.54) is 0 Å². The molecular formula is C33H25IN2O4. The van der Waals surface area contributed by atoms with Crippen LogP contribution >= 0.6 is 22.6 Å². The van der Waals surface area contributed by atoms with E-state index in [-0.39, 0.29) is 23.7 Å². The van der Waals surface area contributed by atoms with Gasteiger partial charge in [-0.15, -0.1) is 0 Å². The van der Waals surface area contributed by atoms with E-state index >= 15 is 0 Å². The van der Waals surface area contributed by atoms with Crippen LogP contribution in [-0.4, -0.2) is 30.1 Å². The summed E-state index contributed by atoms with van der Waals surface area (Å²) in [6.07, 6.45) is 1.56. The molecule has 3 aliphatic carbocycles. The lowest BCUT2D eigenvalue weighted by atomic mass is 9.55. The Bertz CT molecular complexity index is 1570. The molecule has 4 aliphatic rings. The van der Waals surface area contributed by atoms with E-state index < -0.39 is 11.8 Å². The number of hydrogen-bond acceptors (Lipinski definition) is 5. The first kappa shape index (κ1) is 25.0. The molecule has 40 heavy (non-hydrogen) atoms. The predicted octanol–water partition coefficient (Wildman–Crippen LogP) is 6.10. The standard InChI is InChI=1S/C33H25IN2O4/c1-39-26-16-20(15-25(34)31(26)40-18-19-9-3-2-4-10-19)17-35-36-32(37)29-27-21-11-5-6-12-22(21)28(30(29)33(36)38)24-14-8-7-13-23(24)27/h2-17,27-30H,18H2,1H3/b35-17-/t27?,28?,29-,30-/m0/s1. The number of halogens is 1. The van der Waals surface area contributed by atoms with Gasteiger partial charge in [0.15, 0.2) is 11.5 Å². The summed E-state index contributed by atoms with van der Waals surface area (Å²) in [4.78, 5) is 27.6. The Labute approximate surface area is 245 Å². The molecule has 0 radical (unpaired) electrons. The summed E-state index contributed by atoms with van der Waals surface area (Å²) < 4.78 is 12.5. The van der Waals surface area contributed by atoms with E-state index in [0.29, 0.717) is 23.7 Å². The lowest BCUT2D eigenvalue weighted by molar-refractivity contribution is -0.139. The zero-order valence-electron chi connectivity index (χ0n) is 21.7. The number of benzene rings is 4. The van der Waals surface area contributed by atoms with Crippen molar-refractivity contribution in [3.8, 4) is 11.5 Å². The molecule has 2 atom stereocenters. The monoisotopic (exact) mass is 640 g/mol. The van der Waals surface area contributed by atoms with Gasteiger partial charge in [-0.2, -0.15) is 10.1 Å². The number of carbonyl (C=O) groups is 2. The van der Waals surface area contributed by atoms with Gasteiger partial charge in [-0.05, 0) is 68.1 Å². The molecule has 6 nitrogen and oxygen atoms in total. The molecule has 1 saturated heterocycles. The second-order valence-corrected chi connectivity index (χ2v) is 11.5. The number of carbonyl (C=O) groups excluding carboxylic acids is 2. The molecule has 0 saturated carbocycles. The Morgan fingerprint density at radius 1 is 0.800 bits per heavy atom. The normalized spacial score (nSPS) is 22.3. The van der Waals surface area contributed by atoms with E-state index in [1.807, 2.05) is 60.7 Å². The molecule has 1 heterocycles. The van der Waals surface area contributed by atoms with Gasteiger partial charge in [0.2, 0.25) is 0 Å². The highest BCUT2D eigenvalue weighted by Gasteiger charge is 2.61. The van der Waals surface area contributed by atoms with Crippen molar-refractivity contribution in [1.29, 1.82) is 0 Å². The summed E-state index contributed by atoms with van der Waals surface area (Å²) in [6, 6.07) is 30.1. The van der Waals surface area contributed by atoms with Gasteiger partial charge in [0, 0.05) is 11.8 Å². The Morgan fingerprint density at radius 3 is 1.85 bits per heavy atom. The van der Waals surface area contributed by atoms with Gasteiger partial charge < -0.3 is 9.47 Å².